The summed E-state index contributed by atoms with van der Waals surface area (Å²) in [6.45, 7) is 0. The van der Waals surface area contributed by atoms with Gasteiger partial charge in [0.25, 0.3) is 0 Å². The van der Waals surface area contributed by atoms with Crippen molar-refractivity contribution in [2.75, 3.05) is 11.6 Å². The number of carbonyl (C=O) groups excluding carboxylic acids is 1. The fraction of sp³-hybridized carbons (Fsp3) is 0.667. The Labute approximate surface area is 88.3 Å². The van der Waals surface area contributed by atoms with E-state index in [2.05, 4.69) is 4.72 Å². The number of hydrogen-bond acceptors (Lipinski definition) is 5. The smallest absolute Gasteiger partial charge is 0.305 e. The van der Waals surface area contributed by atoms with Gasteiger partial charge >= 0.3 is 5.97 Å². The van der Waals surface area contributed by atoms with Gasteiger partial charge in [-0.3, -0.25) is 9.59 Å². The molecule has 1 rings (SSSR count). The van der Waals surface area contributed by atoms with Gasteiger partial charge in [0.1, 0.15) is 5.54 Å². The number of aliphatic carboxylic acids is 1. The Balaban J connectivity index is 2.74. The third-order valence-electron chi connectivity index (χ3n) is 1.71. The summed E-state index contributed by atoms with van der Waals surface area (Å²) in [5.74, 6) is -0.945. The molecule has 74 valence electrons. The van der Waals surface area contributed by atoms with Crippen molar-refractivity contribution in [1.29, 1.82) is 0 Å². The zero-order valence-electron chi connectivity index (χ0n) is 6.58. The Morgan fingerprint density at radius 2 is 2.31 bits per heavy atom. The fourth-order valence-electron chi connectivity index (χ4n) is 0.978. The minimum atomic E-state index is -0.992. The summed E-state index contributed by atoms with van der Waals surface area (Å²) >= 11 is 5.40. The van der Waals surface area contributed by atoms with Crippen molar-refractivity contribution in [3.8, 4) is 0 Å². The van der Waals surface area contributed by atoms with Crippen molar-refractivity contribution in [1.82, 2.24) is 4.72 Å². The predicted octanol–water partition coefficient (Wildman–Crippen LogP) is 0.907. The molecule has 0 aromatic rings. The van der Waals surface area contributed by atoms with Gasteiger partial charge in [0.15, 0.2) is 5.78 Å². The number of hydrogen-bond donors (Lipinski definition) is 2. The molecule has 1 unspecified atom stereocenters. The molecule has 1 aliphatic heterocycles. The van der Waals surface area contributed by atoms with Crippen LogP contribution in [0.25, 0.3) is 0 Å². The van der Waals surface area contributed by atoms with Gasteiger partial charge in [-0.05, 0) is 11.0 Å². The van der Waals surface area contributed by atoms with E-state index in [-0.39, 0.29) is 18.1 Å². The molecule has 0 radical (unpaired) electrons. The third-order valence-corrected chi connectivity index (χ3v) is 4.11. The lowest BCUT2D eigenvalue weighted by atomic mass is 9.94. The first kappa shape index (κ1) is 11.2. The van der Waals surface area contributed by atoms with E-state index >= 15 is 0 Å². The molecule has 0 bridgehead atoms. The molecule has 0 aromatic heterocycles. The lowest BCUT2D eigenvalue weighted by Gasteiger charge is -2.22. The molecule has 7 heteroatoms. The van der Waals surface area contributed by atoms with Gasteiger partial charge in [-0.2, -0.15) is 0 Å². The third kappa shape index (κ3) is 2.52. The zero-order chi connectivity index (χ0) is 9.90. The van der Waals surface area contributed by atoms with Crippen molar-refractivity contribution in [3.05, 3.63) is 0 Å². The van der Waals surface area contributed by atoms with E-state index in [4.69, 9.17) is 16.7 Å². The molecule has 0 aliphatic carbocycles. The number of ketones is 1. The highest BCUT2D eigenvalue weighted by molar-refractivity contribution is 8.76. The summed E-state index contributed by atoms with van der Waals surface area (Å²) in [6.07, 6.45) is -0.210. The van der Waals surface area contributed by atoms with Crippen molar-refractivity contribution >= 4 is 45.1 Å². The number of halogens is 1. The molecule has 0 spiro atoms. The molecular weight excluding hydrogens is 234 g/mol. The molecule has 2 N–H and O–H groups in total. The molecule has 1 aliphatic rings. The predicted molar refractivity (Wildman–Crippen MR) is 53.9 cm³/mol. The maximum absolute atomic E-state index is 11.4. The summed E-state index contributed by atoms with van der Waals surface area (Å²) in [4.78, 5) is 21.9. The van der Waals surface area contributed by atoms with Gasteiger partial charge in [-0.15, -0.1) is 11.6 Å². The van der Waals surface area contributed by atoms with E-state index < -0.39 is 11.5 Å². The normalized spacial score (nSPS) is 27.5. The monoisotopic (exact) mass is 241 g/mol. The van der Waals surface area contributed by atoms with E-state index in [1.165, 1.54) is 21.8 Å². The van der Waals surface area contributed by atoms with Crippen LogP contribution in [0.5, 0.6) is 0 Å². The molecule has 0 aromatic carbocycles. The fourth-order valence-corrected chi connectivity index (χ4v) is 3.83. The van der Waals surface area contributed by atoms with Crippen LogP contribution in [0.4, 0.5) is 0 Å². The van der Waals surface area contributed by atoms with Crippen LogP contribution >= 0.6 is 33.4 Å². The van der Waals surface area contributed by atoms with Crippen LogP contribution in [0.15, 0.2) is 0 Å². The maximum Gasteiger partial charge on any atom is 0.305 e. The van der Waals surface area contributed by atoms with E-state index in [9.17, 15) is 9.59 Å². The maximum atomic E-state index is 11.4. The average molecular weight is 242 g/mol. The number of rotatable bonds is 4. The van der Waals surface area contributed by atoms with E-state index in [1.807, 2.05) is 0 Å². The van der Waals surface area contributed by atoms with Gasteiger partial charge in [0.05, 0.1) is 12.3 Å². The van der Waals surface area contributed by atoms with Gasteiger partial charge in [0.2, 0.25) is 0 Å². The van der Waals surface area contributed by atoms with Gasteiger partial charge in [-0.25, -0.2) is 4.72 Å². The lowest BCUT2D eigenvalue weighted by molar-refractivity contribution is -0.140. The molecule has 4 nitrogen and oxygen atoms in total. The SMILES string of the molecule is O=C(O)CC1(C(=O)CCl)CSSN1. The van der Waals surface area contributed by atoms with E-state index in [0.717, 1.165) is 0 Å². The van der Waals surface area contributed by atoms with Crippen molar-refractivity contribution in [2.24, 2.45) is 0 Å². The summed E-state index contributed by atoms with van der Waals surface area (Å²) in [5, 5.41) is 8.63. The molecule has 1 fully saturated rings. The topological polar surface area (TPSA) is 66.4 Å². The Kier molecular flexibility index (Phi) is 3.90. The molecule has 1 heterocycles. The van der Waals surface area contributed by atoms with E-state index in [1.54, 1.807) is 0 Å². The number of alkyl halides is 1. The highest BCUT2D eigenvalue weighted by Crippen LogP contribution is 2.36. The number of carboxylic acid groups (broad SMARTS) is 1. The first-order chi connectivity index (χ1) is 6.10. The lowest BCUT2D eigenvalue weighted by Crippen LogP contribution is -2.50. The van der Waals surface area contributed by atoms with Crippen LogP contribution < -0.4 is 4.72 Å². The summed E-state index contributed by atoms with van der Waals surface area (Å²) in [7, 11) is 2.72. The molecule has 1 saturated heterocycles. The van der Waals surface area contributed by atoms with Crippen LogP contribution in [0.2, 0.25) is 0 Å². The van der Waals surface area contributed by atoms with Gasteiger partial charge in [-0.1, -0.05) is 10.8 Å². The number of carbonyl (C=O) groups is 2. The first-order valence-electron chi connectivity index (χ1n) is 3.47. The molecule has 0 saturated carbocycles. The quantitative estimate of drug-likeness (QED) is 0.433. The van der Waals surface area contributed by atoms with Gasteiger partial charge < -0.3 is 5.11 Å². The molecule has 0 amide bonds. The second kappa shape index (κ2) is 4.54. The minimum Gasteiger partial charge on any atom is -0.481 e. The Hall–Kier alpha value is 0.0900. The number of nitrogens with one attached hydrogen (secondary N) is 1. The standard InChI is InChI=1S/C6H8ClNO3S2/c7-2-4(9)6(1-5(10)11)3-12-13-8-6/h8H,1-3H2,(H,10,11). The van der Waals surface area contributed by atoms with Gasteiger partial charge in [0, 0.05) is 5.75 Å². The van der Waals surface area contributed by atoms with E-state index in [0.29, 0.717) is 5.75 Å². The molecule has 1 atom stereocenters. The van der Waals surface area contributed by atoms with Crippen LogP contribution in [0.1, 0.15) is 6.42 Å². The largest absolute Gasteiger partial charge is 0.481 e. The minimum absolute atomic E-state index is 0.151. The van der Waals surface area contributed by atoms with Crippen molar-refractivity contribution in [3.63, 3.8) is 0 Å². The highest BCUT2D eigenvalue weighted by Gasteiger charge is 2.43. The Morgan fingerprint density at radius 1 is 1.62 bits per heavy atom. The summed E-state index contributed by atoms with van der Waals surface area (Å²) in [5.41, 5.74) is -0.969. The Bertz CT molecular complexity index is 230. The zero-order valence-corrected chi connectivity index (χ0v) is 8.97. The van der Waals surface area contributed by atoms with Crippen LogP contribution in [-0.2, 0) is 9.59 Å². The first-order valence-corrected chi connectivity index (χ1v) is 6.33. The second-order valence-electron chi connectivity index (χ2n) is 2.66. The van der Waals surface area contributed by atoms with Crippen LogP contribution in [0, 0.1) is 0 Å². The number of carboxylic acids is 1. The molecule has 13 heavy (non-hydrogen) atoms. The van der Waals surface area contributed by atoms with Crippen molar-refractivity contribution in [2.45, 2.75) is 12.0 Å². The average Bonchev–Trinajstić information content (AvgIpc) is 2.51. The van der Waals surface area contributed by atoms with Crippen LogP contribution in [0.3, 0.4) is 0 Å². The second-order valence-corrected chi connectivity index (χ2v) is 5.03. The van der Waals surface area contributed by atoms with Crippen LogP contribution in [-0.4, -0.2) is 34.0 Å². The number of Topliss-reactive ketones (excluding diaryl/α,β-unsaturated/α-hetero) is 1. The molecular formula is C6H8ClNO3S2. The van der Waals surface area contributed by atoms with Crippen molar-refractivity contribution < 1.29 is 14.7 Å². The summed E-state index contributed by atoms with van der Waals surface area (Å²) < 4.78 is 2.82. The summed E-state index contributed by atoms with van der Waals surface area (Å²) in [6, 6.07) is 0. The highest BCUT2D eigenvalue weighted by atomic mass is 35.5. The Morgan fingerprint density at radius 3 is 2.69 bits per heavy atom.